The van der Waals surface area contributed by atoms with Crippen LogP contribution < -0.4 is 4.72 Å². The average molecular weight is 307 g/mol. The molecule has 0 saturated heterocycles. The van der Waals surface area contributed by atoms with Crippen LogP contribution in [0.15, 0.2) is 53.4 Å². The molecular formula is C15H17NO2S2. The molecular weight excluding hydrogens is 290 g/mol. The smallest absolute Gasteiger partial charge is 0.236 e. The Morgan fingerprint density at radius 1 is 1.05 bits per heavy atom. The van der Waals surface area contributed by atoms with Crippen molar-refractivity contribution in [3.8, 4) is 0 Å². The van der Waals surface area contributed by atoms with E-state index in [1.807, 2.05) is 49.6 Å². The van der Waals surface area contributed by atoms with Crippen molar-refractivity contribution in [2.24, 2.45) is 0 Å². The van der Waals surface area contributed by atoms with Gasteiger partial charge in [-0.2, -0.15) is 0 Å². The standard InChI is InChI=1S/C15H17NO2S2/c1-12-5-3-4-6-13(12)11-20(17,18)16-14-7-9-15(19-2)10-8-14/h3-10,16H,11H2,1-2H3. The fourth-order valence-electron chi connectivity index (χ4n) is 1.85. The lowest BCUT2D eigenvalue weighted by Crippen LogP contribution is -2.15. The van der Waals surface area contributed by atoms with E-state index in [0.29, 0.717) is 5.69 Å². The minimum absolute atomic E-state index is 0.00997. The van der Waals surface area contributed by atoms with Crippen LogP contribution in [0.2, 0.25) is 0 Å². The van der Waals surface area contributed by atoms with Gasteiger partial charge in [0, 0.05) is 10.6 Å². The molecule has 0 amide bonds. The Balaban J connectivity index is 2.13. The summed E-state index contributed by atoms with van der Waals surface area (Å²) in [5, 5.41) is 0. The van der Waals surface area contributed by atoms with E-state index in [1.165, 1.54) is 0 Å². The van der Waals surface area contributed by atoms with Crippen LogP contribution in [0.3, 0.4) is 0 Å². The van der Waals surface area contributed by atoms with E-state index >= 15 is 0 Å². The average Bonchev–Trinajstić information content (AvgIpc) is 2.41. The molecule has 2 aromatic carbocycles. The number of thioether (sulfide) groups is 1. The predicted molar refractivity (Wildman–Crippen MR) is 85.6 cm³/mol. The molecule has 3 nitrogen and oxygen atoms in total. The van der Waals surface area contributed by atoms with E-state index in [4.69, 9.17) is 0 Å². The minimum atomic E-state index is -3.39. The summed E-state index contributed by atoms with van der Waals surface area (Å²) in [5.74, 6) is -0.00997. The zero-order valence-electron chi connectivity index (χ0n) is 11.5. The van der Waals surface area contributed by atoms with Gasteiger partial charge in [0.15, 0.2) is 0 Å². The highest BCUT2D eigenvalue weighted by Gasteiger charge is 2.13. The van der Waals surface area contributed by atoms with Crippen LogP contribution in [0.25, 0.3) is 0 Å². The van der Waals surface area contributed by atoms with Gasteiger partial charge in [-0.25, -0.2) is 8.42 Å². The summed E-state index contributed by atoms with van der Waals surface area (Å²) in [5.41, 5.74) is 2.40. The molecule has 0 aliphatic carbocycles. The zero-order valence-corrected chi connectivity index (χ0v) is 13.1. The lowest BCUT2D eigenvalue weighted by Gasteiger charge is -2.10. The molecule has 0 saturated carbocycles. The van der Waals surface area contributed by atoms with Crippen molar-refractivity contribution in [1.82, 2.24) is 0 Å². The van der Waals surface area contributed by atoms with Crippen molar-refractivity contribution in [2.75, 3.05) is 11.0 Å². The highest BCUT2D eigenvalue weighted by atomic mass is 32.2. The number of rotatable bonds is 5. The normalized spacial score (nSPS) is 11.3. The molecule has 0 radical (unpaired) electrons. The lowest BCUT2D eigenvalue weighted by atomic mass is 10.1. The second-order valence-corrected chi connectivity index (χ2v) is 7.12. The molecule has 0 heterocycles. The zero-order chi connectivity index (χ0) is 14.6. The molecule has 0 unspecified atom stereocenters. The minimum Gasteiger partial charge on any atom is -0.283 e. The largest absolute Gasteiger partial charge is 0.283 e. The molecule has 106 valence electrons. The monoisotopic (exact) mass is 307 g/mol. The molecule has 0 spiro atoms. The highest BCUT2D eigenvalue weighted by Crippen LogP contribution is 2.19. The topological polar surface area (TPSA) is 46.2 Å². The molecule has 2 aromatic rings. The van der Waals surface area contributed by atoms with Crippen molar-refractivity contribution in [3.63, 3.8) is 0 Å². The van der Waals surface area contributed by atoms with E-state index in [2.05, 4.69) is 4.72 Å². The first-order chi connectivity index (χ1) is 9.50. The van der Waals surface area contributed by atoms with E-state index in [0.717, 1.165) is 16.0 Å². The number of aryl methyl sites for hydroxylation is 1. The van der Waals surface area contributed by atoms with E-state index in [1.54, 1.807) is 23.9 Å². The van der Waals surface area contributed by atoms with Gasteiger partial charge in [0.25, 0.3) is 0 Å². The molecule has 2 rings (SSSR count). The van der Waals surface area contributed by atoms with Crippen molar-refractivity contribution in [2.45, 2.75) is 17.6 Å². The maximum Gasteiger partial charge on any atom is 0.236 e. The third kappa shape index (κ3) is 4.02. The number of hydrogen-bond acceptors (Lipinski definition) is 3. The predicted octanol–water partition coefficient (Wildman–Crippen LogP) is 3.66. The van der Waals surface area contributed by atoms with Gasteiger partial charge in [0.1, 0.15) is 0 Å². The molecule has 0 bridgehead atoms. The highest BCUT2D eigenvalue weighted by molar-refractivity contribution is 7.98. The Kier molecular flexibility index (Phi) is 4.73. The number of anilines is 1. The van der Waals surface area contributed by atoms with Crippen LogP contribution in [0.4, 0.5) is 5.69 Å². The Bertz CT molecular complexity index is 679. The second kappa shape index (κ2) is 6.33. The van der Waals surface area contributed by atoms with E-state index in [-0.39, 0.29) is 5.75 Å². The number of sulfonamides is 1. The van der Waals surface area contributed by atoms with Crippen molar-refractivity contribution in [1.29, 1.82) is 0 Å². The van der Waals surface area contributed by atoms with Gasteiger partial charge in [0.05, 0.1) is 5.75 Å². The number of benzene rings is 2. The van der Waals surface area contributed by atoms with Crippen LogP contribution in [0, 0.1) is 6.92 Å². The molecule has 20 heavy (non-hydrogen) atoms. The fourth-order valence-corrected chi connectivity index (χ4v) is 3.56. The van der Waals surface area contributed by atoms with Gasteiger partial charge in [-0.3, -0.25) is 4.72 Å². The van der Waals surface area contributed by atoms with Gasteiger partial charge in [-0.05, 0) is 48.6 Å². The lowest BCUT2D eigenvalue weighted by molar-refractivity contribution is 0.600. The summed E-state index contributed by atoms with van der Waals surface area (Å²) >= 11 is 1.62. The Morgan fingerprint density at radius 2 is 1.70 bits per heavy atom. The van der Waals surface area contributed by atoms with Gasteiger partial charge >= 0.3 is 0 Å². The Hall–Kier alpha value is -1.46. The van der Waals surface area contributed by atoms with Gasteiger partial charge in [-0.15, -0.1) is 11.8 Å². The summed E-state index contributed by atoms with van der Waals surface area (Å²) in [6.07, 6.45) is 1.98. The second-order valence-electron chi connectivity index (χ2n) is 4.52. The van der Waals surface area contributed by atoms with Crippen LogP contribution >= 0.6 is 11.8 Å². The van der Waals surface area contributed by atoms with Gasteiger partial charge < -0.3 is 0 Å². The maximum absolute atomic E-state index is 12.2. The maximum atomic E-state index is 12.2. The number of hydrogen-bond donors (Lipinski definition) is 1. The first-order valence-corrected chi connectivity index (χ1v) is 9.07. The molecule has 5 heteroatoms. The van der Waals surface area contributed by atoms with Crippen LogP contribution in [-0.2, 0) is 15.8 Å². The summed E-state index contributed by atoms with van der Waals surface area (Å²) < 4.78 is 26.9. The van der Waals surface area contributed by atoms with Crippen molar-refractivity contribution in [3.05, 3.63) is 59.7 Å². The van der Waals surface area contributed by atoms with Gasteiger partial charge in [-0.1, -0.05) is 24.3 Å². The van der Waals surface area contributed by atoms with Crippen LogP contribution in [0.1, 0.15) is 11.1 Å². The van der Waals surface area contributed by atoms with Crippen molar-refractivity contribution >= 4 is 27.5 Å². The summed E-state index contributed by atoms with van der Waals surface area (Å²) in [6.45, 7) is 1.91. The van der Waals surface area contributed by atoms with Gasteiger partial charge in [0.2, 0.25) is 10.0 Å². The third-order valence-corrected chi connectivity index (χ3v) is 4.95. The van der Waals surface area contributed by atoms with Crippen molar-refractivity contribution < 1.29 is 8.42 Å². The summed E-state index contributed by atoms with van der Waals surface area (Å²) in [7, 11) is -3.39. The molecule has 0 fully saturated rings. The molecule has 1 N–H and O–H groups in total. The molecule has 0 aromatic heterocycles. The number of nitrogens with one attached hydrogen (secondary N) is 1. The molecule has 0 atom stereocenters. The summed E-state index contributed by atoms with van der Waals surface area (Å²) in [4.78, 5) is 1.10. The third-order valence-electron chi connectivity index (χ3n) is 2.97. The Morgan fingerprint density at radius 3 is 2.30 bits per heavy atom. The first-order valence-electron chi connectivity index (χ1n) is 6.19. The quantitative estimate of drug-likeness (QED) is 0.858. The Labute approximate surface area is 124 Å². The van der Waals surface area contributed by atoms with Crippen LogP contribution in [0.5, 0.6) is 0 Å². The fraction of sp³-hybridized carbons (Fsp3) is 0.200. The van der Waals surface area contributed by atoms with E-state index < -0.39 is 10.0 Å². The molecule has 0 aliphatic rings. The summed E-state index contributed by atoms with van der Waals surface area (Å²) in [6, 6.07) is 14.9. The van der Waals surface area contributed by atoms with E-state index in [9.17, 15) is 8.42 Å². The molecule has 0 aliphatic heterocycles. The van der Waals surface area contributed by atoms with Crippen LogP contribution in [-0.4, -0.2) is 14.7 Å². The SMILES string of the molecule is CSc1ccc(NS(=O)(=O)Cc2ccccc2C)cc1. The first kappa shape index (κ1) is 14.9.